The zero-order chi connectivity index (χ0) is 19.4. The maximum Gasteiger partial charge on any atom is 0.335 e. The van der Waals surface area contributed by atoms with E-state index in [0.717, 1.165) is 22.0 Å². The molecule has 0 bridgehead atoms. The second-order valence-electron chi connectivity index (χ2n) is 5.77. The first-order valence-electron chi connectivity index (χ1n) is 8.08. The van der Waals surface area contributed by atoms with E-state index in [0.29, 0.717) is 11.4 Å². The Morgan fingerprint density at radius 1 is 1.19 bits per heavy atom. The molecule has 3 rings (SSSR count). The van der Waals surface area contributed by atoms with E-state index in [4.69, 9.17) is 4.74 Å². The summed E-state index contributed by atoms with van der Waals surface area (Å²) in [6.07, 6.45) is 1.16. The van der Waals surface area contributed by atoms with E-state index in [1.54, 1.807) is 24.3 Å². The molecular formula is C19H18N4O4. The summed E-state index contributed by atoms with van der Waals surface area (Å²) in [7, 11) is 1.52. The standard InChI is InChI=1S/C19H18N4O4/c1-12-4-3-5-13(10-12)22-20-11-16-17(24)21-19(26)23(18(16)25)14-6-8-15(27-2)9-7-14/h3-11,22,25H,1-2H3,(H,21,24,26). The smallest absolute Gasteiger partial charge is 0.335 e. The lowest BCUT2D eigenvalue weighted by Gasteiger charge is -2.10. The first kappa shape index (κ1) is 18.0. The van der Waals surface area contributed by atoms with Crippen molar-refractivity contribution in [3.05, 3.63) is 80.5 Å². The molecule has 138 valence electrons. The summed E-state index contributed by atoms with van der Waals surface area (Å²) in [5, 5.41) is 14.4. The molecule has 0 spiro atoms. The van der Waals surface area contributed by atoms with Crippen molar-refractivity contribution in [3.8, 4) is 17.3 Å². The van der Waals surface area contributed by atoms with E-state index in [1.807, 2.05) is 31.2 Å². The highest BCUT2D eigenvalue weighted by Crippen LogP contribution is 2.18. The number of methoxy groups -OCH3 is 1. The molecule has 0 radical (unpaired) electrons. The second kappa shape index (κ2) is 7.61. The average Bonchev–Trinajstić information content (AvgIpc) is 2.65. The average molecular weight is 366 g/mol. The predicted molar refractivity (Wildman–Crippen MR) is 103 cm³/mol. The van der Waals surface area contributed by atoms with Gasteiger partial charge in [0.15, 0.2) is 0 Å². The Morgan fingerprint density at radius 3 is 2.59 bits per heavy atom. The van der Waals surface area contributed by atoms with Gasteiger partial charge in [0, 0.05) is 0 Å². The summed E-state index contributed by atoms with van der Waals surface area (Å²) < 4.78 is 6.06. The minimum absolute atomic E-state index is 0.148. The molecule has 3 aromatic rings. The number of rotatable bonds is 5. The van der Waals surface area contributed by atoms with Gasteiger partial charge in [0.1, 0.15) is 11.3 Å². The van der Waals surface area contributed by atoms with Gasteiger partial charge in [0.05, 0.1) is 24.7 Å². The van der Waals surface area contributed by atoms with Crippen molar-refractivity contribution in [2.75, 3.05) is 12.5 Å². The minimum atomic E-state index is -0.758. The van der Waals surface area contributed by atoms with Crippen LogP contribution in [0.25, 0.3) is 5.69 Å². The first-order valence-corrected chi connectivity index (χ1v) is 8.08. The van der Waals surface area contributed by atoms with Crippen molar-refractivity contribution >= 4 is 11.9 Å². The van der Waals surface area contributed by atoms with Gasteiger partial charge in [-0.1, -0.05) is 12.1 Å². The number of hydrogen-bond donors (Lipinski definition) is 3. The Bertz CT molecular complexity index is 1100. The Kier molecular flexibility index (Phi) is 5.07. The van der Waals surface area contributed by atoms with E-state index in [-0.39, 0.29) is 5.56 Å². The summed E-state index contributed by atoms with van der Waals surface area (Å²) in [5.41, 5.74) is 3.28. The van der Waals surface area contributed by atoms with Crippen LogP contribution in [0.1, 0.15) is 11.1 Å². The van der Waals surface area contributed by atoms with Crippen molar-refractivity contribution in [1.29, 1.82) is 0 Å². The van der Waals surface area contributed by atoms with Crippen LogP contribution in [0.15, 0.2) is 63.2 Å². The lowest BCUT2D eigenvalue weighted by Crippen LogP contribution is -2.31. The third kappa shape index (κ3) is 3.90. The number of hydrazone groups is 1. The number of hydrogen-bond acceptors (Lipinski definition) is 6. The van der Waals surface area contributed by atoms with Crippen LogP contribution in [0, 0.1) is 6.92 Å². The number of aromatic amines is 1. The summed E-state index contributed by atoms with van der Waals surface area (Å²) in [4.78, 5) is 26.4. The zero-order valence-electron chi connectivity index (χ0n) is 14.8. The van der Waals surface area contributed by atoms with Crippen molar-refractivity contribution in [1.82, 2.24) is 9.55 Å². The summed E-state index contributed by atoms with van der Waals surface area (Å²) in [5.74, 6) is 0.0866. The third-order valence-electron chi connectivity index (χ3n) is 3.86. The van der Waals surface area contributed by atoms with Crippen molar-refractivity contribution in [2.24, 2.45) is 5.10 Å². The molecule has 1 heterocycles. The van der Waals surface area contributed by atoms with Gasteiger partial charge in [0.25, 0.3) is 5.56 Å². The Balaban J connectivity index is 1.97. The molecule has 2 aromatic carbocycles. The van der Waals surface area contributed by atoms with Crippen LogP contribution in [0.2, 0.25) is 0 Å². The van der Waals surface area contributed by atoms with Gasteiger partial charge in [0.2, 0.25) is 5.88 Å². The normalized spacial score (nSPS) is 10.9. The van der Waals surface area contributed by atoms with E-state index in [9.17, 15) is 14.7 Å². The number of aromatic hydroxyl groups is 1. The summed E-state index contributed by atoms with van der Waals surface area (Å²) in [6.45, 7) is 1.94. The quantitative estimate of drug-likeness (QED) is 0.473. The van der Waals surface area contributed by atoms with Crippen LogP contribution in [0.5, 0.6) is 11.6 Å². The summed E-state index contributed by atoms with van der Waals surface area (Å²) >= 11 is 0. The molecule has 0 aliphatic carbocycles. The van der Waals surface area contributed by atoms with Gasteiger partial charge in [-0.25, -0.2) is 9.36 Å². The van der Waals surface area contributed by atoms with Gasteiger partial charge in [-0.05, 0) is 48.9 Å². The second-order valence-corrected chi connectivity index (χ2v) is 5.77. The maximum absolute atomic E-state index is 12.2. The molecule has 27 heavy (non-hydrogen) atoms. The number of nitrogens with zero attached hydrogens (tertiary/aromatic N) is 2. The molecule has 1 aromatic heterocycles. The van der Waals surface area contributed by atoms with Crippen LogP contribution in [0.4, 0.5) is 5.69 Å². The van der Waals surface area contributed by atoms with Gasteiger partial charge in [-0.2, -0.15) is 5.10 Å². The third-order valence-corrected chi connectivity index (χ3v) is 3.86. The number of ether oxygens (including phenoxy) is 1. The molecular weight excluding hydrogens is 348 g/mol. The molecule has 0 saturated heterocycles. The molecule has 0 aliphatic heterocycles. The predicted octanol–water partition coefficient (Wildman–Crippen LogP) is 1.99. The number of aryl methyl sites for hydroxylation is 1. The van der Waals surface area contributed by atoms with Crippen LogP contribution in [0.3, 0.4) is 0 Å². The van der Waals surface area contributed by atoms with Crippen molar-refractivity contribution in [3.63, 3.8) is 0 Å². The lowest BCUT2D eigenvalue weighted by molar-refractivity contribution is 0.414. The first-order chi connectivity index (χ1) is 13.0. The Hall–Kier alpha value is -3.81. The molecule has 0 amide bonds. The molecule has 0 atom stereocenters. The largest absolute Gasteiger partial charge is 0.497 e. The molecule has 3 N–H and O–H groups in total. The number of benzene rings is 2. The molecule has 8 heteroatoms. The topological polar surface area (TPSA) is 109 Å². The Morgan fingerprint density at radius 2 is 1.93 bits per heavy atom. The molecule has 0 saturated carbocycles. The highest BCUT2D eigenvalue weighted by Gasteiger charge is 2.14. The van der Waals surface area contributed by atoms with Gasteiger partial charge < -0.3 is 9.84 Å². The SMILES string of the molecule is COc1ccc(-n2c(O)c(C=NNc3cccc(C)c3)c(=O)[nH]c2=O)cc1. The lowest BCUT2D eigenvalue weighted by atomic mass is 10.2. The van der Waals surface area contributed by atoms with Crippen LogP contribution in [-0.4, -0.2) is 28.0 Å². The van der Waals surface area contributed by atoms with Crippen LogP contribution >= 0.6 is 0 Å². The fraction of sp³-hybridized carbons (Fsp3) is 0.105. The molecule has 0 aliphatic rings. The molecule has 0 fully saturated rings. The van der Waals surface area contributed by atoms with Gasteiger partial charge in [-0.3, -0.25) is 15.2 Å². The van der Waals surface area contributed by atoms with E-state index < -0.39 is 17.1 Å². The molecule has 0 unspecified atom stereocenters. The fourth-order valence-corrected chi connectivity index (χ4v) is 2.51. The van der Waals surface area contributed by atoms with Gasteiger partial charge >= 0.3 is 5.69 Å². The maximum atomic E-state index is 12.2. The highest BCUT2D eigenvalue weighted by atomic mass is 16.5. The van der Waals surface area contributed by atoms with Crippen LogP contribution < -0.4 is 21.4 Å². The van der Waals surface area contributed by atoms with Gasteiger partial charge in [-0.15, -0.1) is 0 Å². The minimum Gasteiger partial charge on any atom is -0.497 e. The van der Waals surface area contributed by atoms with Crippen molar-refractivity contribution in [2.45, 2.75) is 6.92 Å². The molecule has 8 nitrogen and oxygen atoms in total. The number of anilines is 1. The highest BCUT2D eigenvalue weighted by molar-refractivity contribution is 5.82. The van der Waals surface area contributed by atoms with E-state index in [1.165, 1.54) is 7.11 Å². The zero-order valence-corrected chi connectivity index (χ0v) is 14.8. The van der Waals surface area contributed by atoms with Crippen LogP contribution in [-0.2, 0) is 0 Å². The fourth-order valence-electron chi connectivity index (χ4n) is 2.51. The monoisotopic (exact) mass is 366 g/mol. The number of aromatic nitrogens is 2. The van der Waals surface area contributed by atoms with E-state index >= 15 is 0 Å². The summed E-state index contributed by atoms with van der Waals surface area (Å²) in [6, 6.07) is 13.9. The number of nitrogens with one attached hydrogen (secondary N) is 2. The number of H-pyrrole nitrogens is 1. The van der Waals surface area contributed by atoms with E-state index in [2.05, 4.69) is 15.5 Å². The van der Waals surface area contributed by atoms with Crippen molar-refractivity contribution < 1.29 is 9.84 Å². The Labute approximate surface area is 154 Å².